The Kier molecular flexibility index (Phi) is 10.8. The minimum Gasteiger partial charge on any atom is -0.394 e. The largest absolute Gasteiger partial charge is 0.394 e. The van der Waals surface area contributed by atoms with Crippen LogP contribution in [0.5, 0.6) is 0 Å². The second kappa shape index (κ2) is 13.4. The number of nitrogens with zero attached hydrogens (tertiary/aromatic N) is 5. The van der Waals surface area contributed by atoms with Crippen LogP contribution < -0.4 is 38.1 Å². The number of aromatic nitrogens is 3. The maximum atomic E-state index is 10.9. The summed E-state index contributed by atoms with van der Waals surface area (Å²) in [6.45, 7) is 5.28. The molecule has 3 saturated heterocycles. The topological polar surface area (TPSA) is 240 Å². The molecule has 16 heteroatoms. The van der Waals surface area contributed by atoms with Crippen LogP contribution in [0.4, 0.5) is 17.8 Å². The Morgan fingerprint density at radius 3 is 1.87 bits per heavy atom. The van der Waals surface area contributed by atoms with E-state index in [0.717, 1.165) is 0 Å². The van der Waals surface area contributed by atoms with Crippen molar-refractivity contribution < 1.29 is 24.8 Å². The summed E-state index contributed by atoms with van der Waals surface area (Å²) in [5, 5.41) is 34.0. The molecule has 0 spiro atoms. The first-order chi connectivity index (χ1) is 17.7. The van der Waals surface area contributed by atoms with Gasteiger partial charge in [0, 0.05) is 50.3 Å². The normalized spacial score (nSPS) is 35.9. The molecule has 12 N–H and O–H groups in total. The van der Waals surface area contributed by atoms with Gasteiger partial charge >= 0.3 is 0 Å². The van der Waals surface area contributed by atoms with Crippen LogP contribution in [-0.2, 0) is 9.47 Å². The van der Waals surface area contributed by atoms with Gasteiger partial charge in [-0.2, -0.15) is 15.0 Å². The molecule has 3 fully saturated rings. The first-order valence-electron chi connectivity index (χ1n) is 12.6. The van der Waals surface area contributed by atoms with Gasteiger partial charge in [-0.3, -0.25) is 0 Å². The molecule has 0 aliphatic carbocycles. The smallest absolute Gasteiger partial charge is 0.232 e. The molecule has 4 heterocycles. The van der Waals surface area contributed by atoms with Crippen molar-refractivity contribution in [2.75, 3.05) is 54.5 Å². The molecule has 3 aliphatic heterocycles. The highest BCUT2D eigenvalue weighted by molar-refractivity contribution is 5.85. The van der Waals surface area contributed by atoms with Crippen molar-refractivity contribution in [1.82, 2.24) is 15.0 Å². The quantitative estimate of drug-likeness (QED) is 0.143. The van der Waals surface area contributed by atoms with Crippen molar-refractivity contribution in [1.29, 1.82) is 0 Å². The van der Waals surface area contributed by atoms with E-state index in [1.165, 1.54) is 6.08 Å². The molecule has 5 unspecified atom stereocenters. The molecule has 38 heavy (non-hydrogen) atoms. The van der Waals surface area contributed by atoms with Crippen molar-refractivity contribution in [2.45, 2.75) is 67.7 Å². The third-order valence-corrected chi connectivity index (χ3v) is 6.76. The van der Waals surface area contributed by atoms with Gasteiger partial charge in [0.2, 0.25) is 17.8 Å². The fourth-order valence-corrected chi connectivity index (χ4v) is 5.08. The van der Waals surface area contributed by atoms with E-state index in [4.69, 9.17) is 32.4 Å². The van der Waals surface area contributed by atoms with Crippen molar-refractivity contribution in [2.24, 2.45) is 22.9 Å². The van der Waals surface area contributed by atoms with Crippen LogP contribution in [0.3, 0.4) is 0 Å². The molecule has 4 rings (SSSR count). The number of aliphatic hydroxyl groups is 3. The number of hydrogen-bond donors (Lipinski definition) is 8. The van der Waals surface area contributed by atoms with Crippen LogP contribution in [0.15, 0.2) is 12.7 Å². The lowest BCUT2D eigenvalue weighted by molar-refractivity contribution is -0.259. The second-order valence-electron chi connectivity index (χ2n) is 10.1. The molecule has 9 atom stereocenters. The zero-order chi connectivity index (χ0) is 26.7. The molecule has 3 aliphatic rings. The molecule has 0 aromatic carbocycles. The number of nitrogens with two attached hydrogens (primary N) is 4. The number of hydrogen-bond acceptors (Lipinski definition) is 15. The predicted molar refractivity (Wildman–Crippen MR) is 144 cm³/mol. The molecule has 0 saturated carbocycles. The minimum absolute atomic E-state index is 0. The summed E-state index contributed by atoms with van der Waals surface area (Å²) >= 11 is 0. The molecule has 15 nitrogen and oxygen atoms in total. The monoisotopic (exact) mass is 560 g/mol. The lowest BCUT2D eigenvalue weighted by atomic mass is 9.97. The van der Waals surface area contributed by atoms with Crippen LogP contribution in [0, 0.1) is 0 Å². The maximum absolute atomic E-state index is 10.9. The molecule has 1 aromatic heterocycles. The van der Waals surface area contributed by atoms with Crippen molar-refractivity contribution in [3.8, 4) is 0 Å². The minimum atomic E-state index is -1.37. The summed E-state index contributed by atoms with van der Waals surface area (Å²) in [4.78, 5) is 17.7. The number of anilines is 3. The number of nitrogens with one attached hydrogen (secondary N) is 1. The predicted octanol–water partition coefficient (Wildman–Crippen LogP) is -3.56. The average molecular weight is 561 g/mol. The first-order valence-corrected chi connectivity index (χ1v) is 12.6. The van der Waals surface area contributed by atoms with E-state index in [1.807, 2.05) is 9.80 Å². The average Bonchev–Trinajstić information content (AvgIpc) is 2.85. The number of rotatable bonds is 8. The summed E-state index contributed by atoms with van der Waals surface area (Å²) in [6.07, 6.45) is -1.90. The van der Waals surface area contributed by atoms with Gasteiger partial charge in [-0.25, -0.2) is 0 Å². The zero-order valence-electron chi connectivity index (χ0n) is 21.2. The summed E-state index contributed by atoms with van der Waals surface area (Å²) in [6, 6.07) is -1.56. The first kappa shape index (κ1) is 30.6. The standard InChI is InChI=1S/C22H40N10O5.ClH/c1-2-3-36-19-16(18(35)17(34)15(10-33)37-19)27-20-28-21(31-6-11(23)4-12(24)7-31)30-22(29-20)32-8-13(25)5-14(26)9-32;/h2,11-19,33-35H,1,3-10,23-26H2,(H,27,28,29,30);1H/t11-,12+,13-,14+,15?,16?,17?,18?,19?;. The highest BCUT2D eigenvalue weighted by Gasteiger charge is 2.45. The van der Waals surface area contributed by atoms with Gasteiger partial charge in [0.15, 0.2) is 6.29 Å². The molecule has 1 aromatic rings. The van der Waals surface area contributed by atoms with Crippen LogP contribution in [-0.4, -0.2) is 124 Å². The van der Waals surface area contributed by atoms with Crippen LogP contribution >= 0.6 is 12.4 Å². The molecule has 216 valence electrons. The number of aliphatic hydroxyl groups excluding tert-OH is 3. The van der Waals surface area contributed by atoms with E-state index in [-0.39, 0.29) is 49.1 Å². The zero-order valence-corrected chi connectivity index (χ0v) is 22.1. The lowest BCUT2D eigenvalue weighted by Gasteiger charge is -2.42. The van der Waals surface area contributed by atoms with Gasteiger partial charge in [0.05, 0.1) is 13.2 Å². The third-order valence-electron chi connectivity index (χ3n) is 6.76. The molecule has 0 bridgehead atoms. The Morgan fingerprint density at radius 2 is 1.42 bits per heavy atom. The summed E-state index contributed by atoms with van der Waals surface area (Å²) in [5.41, 5.74) is 24.8. The molecule has 0 radical (unpaired) electrons. The van der Waals surface area contributed by atoms with E-state index in [9.17, 15) is 15.3 Å². The highest BCUT2D eigenvalue weighted by atomic mass is 35.5. The van der Waals surface area contributed by atoms with Crippen LogP contribution in [0.1, 0.15) is 12.8 Å². The Morgan fingerprint density at radius 1 is 0.921 bits per heavy atom. The van der Waals surface area contributed by atoms with E-state index >= 15 is 0 Å². The van der Waals surface area contributed by atoms with Crippen molar-refractivity contribution in [3.05, 3.63) is 12.7 Å². The van der Waals surface area contributed by atoms with E-state index in [0.29, 0.717) is 50.9 Å². The van der Waals surface area contributed by atoms with Crippen LogP contribution in [0.25, 0.3) is 0 Å². The Balaban J connectivity index is 0.00000400. The van der Waals surface area contributed by atoms with Crippen molar-refractivity contribution >= 4 is 30.3 Å². The highest BCUT2D eigenvalue weighted by Crippen LogP contribution is 2.27. The van der Waals surface area contributed by atoms with Crippen LogP contribution in [0.2, 0.25) is 0 Å². The maximum Gasteiger partial charge on any atom is 0.232 e. The van der Waals surface area contributed by atoms with E-state index in [2.05, 4.69) is 26.8 Å². The van der Waals surface area contributed by atoms with Gasteiger partial charge in [0.25, 0.3) is 0 Å². The van der Waals surface area contributed by atoms with E-state index < -0.39 is 37.3 Å². The fraction of sp³-hybridized carbons (Fsp3) is 0.773. The molecular formula is C22H41ClN10O5. The van der Waals surface area contributed by atoms with Gasteiger partial charge in [0.1, 0.15) is 24.4 Å². The number of piperidine rings is 2. The van der Waals surface area contributed by atoms with Crippen molar-refractivity contribution in [3.63, 3.8) is 0 Å². The third kappa shape index (κ3) is 7.18. The summed E-state index contributed by atoms with van der Waals surface area (Å²) < 4.78 is 11.4. The SMILES string of the molecule is C=CCOC1OC(CO)C(O)C(O)C1Nc1nc(N2C[C@H](N)C[C@H](N)C2)nc(N2C[C@H](N)C[C@H](N)C2)n1.Cl. The van der Waals surface area contributed by atoms with Gasteiger partial charge < -0.3 is 62.8 Å². The van der Waals surface area contributed by atoms with Gasteiger partial charge in [-0.15, -0.1) is 19.0 Å². The Bertz CT molecular complexity index is 857. The second-order valence-corrected chi connectivity index (χ2v) is 10.1. The molecular weight excluding hydrogens is 520 g/mol. The van der Waals surface area contributed by atoms with Gasteiger partial charge in [-0.1, -0.05) is 6.08 Å². The summed E-state index contributed by atoms with van der Waals surface area (Å²) in [5.74, 6) is 0.832. The van der Waals surface area contributed by atoms with Gasteiger partial charge in [-0.05, 0) is 12.8 Å². The summed E-state index contributed by atoms with van der Waals surface area (Å²) in [7, 11) is 0. The Labute approximate surface area is 228 Å². The van der Waals surface area contributed by atoms with E-state index in [1.54, 1.807) is 0 Å². The number of halogens is 1. The lowest BCUT2D eigenvalue weighted by Crippen LogP contribution is -2.62. The number of ether oxygens (including phenoxy) is 2. The molecule has 0 amide bonds. The Hall–Kier alpha value is -1.92. The fourth-order valence-electron chi connectivity index (χ4n) is 5.08.